The van der Waals surface area contributed by atoms with Crippen LogP contribution in [-0.2, 0) is 0 Å². The van der Waals surface area contributed by atoms with Gasteiger partial charge in [0.05, 0.1) is 29.2 Å². The summed E-state index contributed by atoms with van der Waals surface area (Å²) in [6.07, 6.45) is 1.98. The van der Waals surface area contributed by atoms with Gasteiger partial charge in [-0.25, -0.2) is 14.4 Å². The highest BCUT2D eigenvalue weighted by molar-refractivity contribution is 5.67. The van der Waals surface area contributed by atoms with E-state index in [0.29, 0.717) is 54.9 Å². The molecule has 0 aromatic carbocycles. The average Bonchev–Trinajstić information content (AvgIpc) is 3.31. The predicted octanol–water partition coefficient (Wildman–Crippen LogP) is 3.41. The Bertz CT molecular complexity index is 1170. The molecular weight excluding hydrogens is 409 g/mol. The van der Waals surface area contributed by atoms with Gasteiger partial charge in [0.1, 0.15) is 29.2 Å². The third-order valence-electron chi connectivity index (χ3n) is 6.06. The van der Waals surface area contributed by atoms with Gasteiger partial charge in [-0.1, -0.05) is 0 Å². The minimum absolute atomic E-state index is 0.335. The largest absolute Gasteiger partial charge is 0.389 e. The highest BCUT2D eigenvalue weighted by Crippen LogP contribution is 2.41. The van der Waals surface area contributed by atoms with Crippen molar-refractivity contribution in [2.24, 2.45) is 0 Å². The maximum atomic E-state index is 13.8. The molecule has 9 heteroatoms. The fraction of sp³-hybridized carbons (Fsp3) is 0.565. The number of nitrogens with one attached hydrogen (secondary N) is 1. The van der Waals surface area contributed by atoms with E-state index in [0.717, 1.165) is 35.6 Å². The first-order valence-electron chi connectivity index (χ1n) is 11.3. The summed E-state index contributed by atoms with van der Waals surface area (Å²) in [6.45, 7) is 8.75. The van der Waals surface area contributed by atoms with Gasteiger partial charge in [0.15, 0.2) is 5.65 Å². The van der Waals surface area contributed by atoms with Crippen molar-refractivity contribution in [1.82, 2.24) is 24.6 Å². The lowest BCUT2D eigenvalue weighted by atomic mass is 10.1. The molecule has 8 nitrogen and oxygen atoms in total. The third-order valence-corrected chi connectivity index (χ3v) is 6.06. The molecule has 1 saturated heterocycles. The normalized spacial score (nSPS) is 19.2. The second kappa shape index (κ2) is 7.65. The number of hydrogen-bond donors (Lipinski definition) is 2. The van der Waals surface area contributed by atoms with Crippen molar-refractivity contribution in [3.8, 4) is 11.4 Å². The van der Waals surface area contributed by atoms with Crippen LogP contribution in [-0.4, -0.2) is 61.1 Å². The second-order valence-electron chi connectivity index (χ2n) is 9.70. The monoisotopic (exact) mass is 439 g/mol. The van der Waals surface area contributed by atoms with Gasteiger partial charge in [0, 0.05) is 31.1 Å². The van der Waals surface area contributed by atoms with Crippen molar-refractivity contribution < 1.29 is 9.50 Å². The van der Waals surface area contributed by atoms with Crippen LogP contribution in [0.15, 0.2) is 12.1 Å². The van der Waals surface area contributed by atoms with E-state index in [4.69, 9.17) is 20.1 Å². The second-order valence-corrected chi connectivity index (χ2v) is 9.70. The van der Waals surface area contributed by atoms with E-state index in [1.807, 2.05) is 30.9 Å². The number of aliphatic hydroxyl groups is 1. The number of aryl methyl sites for hydroxylation is 2. The Kier molecular flexibility index (Phi) is 5.03. The molecule has 0 unspecified atom stereocenters. The van der Waals surface area contributed by atoms with Crippen molar-refractivity contribution in [2.75, 3.05) is 29.9 Å². The smallest absolute Gasteiger partial charge is 0.160 e. The lowest BCUT2D eigenvalue weighted by Crippen LogP contribution is -2.30. The Morgan fingerprint density at radius 1 is 1.12 bits per heavy atom. The number of halogens is 1. The van der Waals surface area contributed by atoms with Gasteiger partial charge < -0.3 is 15.3 Å². The van der Waals surface area contributed by atoms with E-state index < -0.39 is 11.8 Å². The number of aromatic nitrogens is 5. The van der Waals surface area contributed by atoms with Crippen LogP contribution in [0, 0.1) is 13.8 Å². The number of hydrogen-bond acceptors (Lipinski definition) is 7. The van der Waals surface area contributed by atoms with E-state index in [9.17, 15) is 9.50 Å². The summed E-state index contributed by atoms with van der Waals surface area (Å²) in [4.78, 5) is 16.4. The van der Waals surface area contributed by atoms with Crippen LogP contribution < -0.4 is 10.2 Å². The average molecular weight is 440 g/mol. The molecule has 1 aliphatic carbocycles. The molecular formula is C23H30FN7O. The van der Waals surface area contributed by atoms with Gasteiger partial charge in [0.25, 0.3) is 0 Å². The molecule has 1 saturated carbocycles. The Morgan fingerprint density at radius 2 is 1.91 bits per heavy atom. The number of fused-ring (bicyclic) bond motifs is 1. The highest BCUT2D eigenvalue weighted by atomic mass is 19.1. The molecule has 0 bridgehead atoms. The van der Waals surface area contributed by atoms with Gasteiger partial charge in [-0.2, -0.15) is 9.61 Å². The minimum Gasteiger partial charge on any atom is -0.389 e. The van der Waals surface area contributed by atoms with E-state index in [-0.39, 0.29) is 0 Å². The first kappa shape index (κ1) is 21.1. The summed E-state index contributed by atoms with van der Waals surface area (Å²) >= 11 is 0. The molecule has 2 fully saturated rings. The third kappa shape index (κ3) is 4.13. The van der Waals surface area contributed by atoms with Crippen LogP contribution in [0.1, 0.15) is 56.1 Å². The topological polar surface area (TPSA) is 91.5 Å². The zero-order valence-electron chi connectivity index (χ0n) is 19.1. The number of alkyl halides is 1. The highest BCUT2D eigenvalue weighted by Gasteiger charge is 2.29. The van der Waals surface area contributed by atoms with Crippen LogP contribution in [0.5, 0.6) is 0 Å². The van der Waals surface area contributed by atoms with E-state index in [2.05, 4.69) is 5.32 Å². The Balaban J connectivity index is 1.59. The summed E-state index contributed by atoms with van der Waals surface area (Å²) in [6, 6.07) is 3.78. The van der Waals surface area contributed by atoms with E-state index in [1.54, 1.807) is 18.4 Å². The quantitative estimate of drug-likeness (QED) is 0.608. The summed E-state index contributed by atoms with van der Waals surface area (Å²) in [5.41, 5.74) is 4.10. The fourth-order valence-corrected chi connectivity index (χ4v) is 4.23. The Labute approximate surface area is 186 Å². The molecule has 0 spiro atoms. The maximum absolute atomic E-state index is 13.8. The number of rotatable bonds is 6. The summed E-state index contributed by atoms with van der Waals surface area (Å²) in [7, 11) is 0. The Morgan fingerprint density at radius 3 is 2.56 bits per heavy atom. The number of anilines is 2. The summed E-state index contributed by atoms with van der Waals surface area (Å²) < 4.78 is 15.6. The lowest BCUT2D eigenvalue weighted by molar-refractivity contribution is 0.0944. The van der Waals surface area contributed by atoms with Crippen molar-refractivity contribution in [3.05, 3.63) is 29.2 Å². The predicted molar refractivity (Wildman–Crippen MR) is 122 cm³/mol. The summed E-state index contributed by atoms with van der Waals surface area (Å²) in [5, 5.41) is 18.3. The minimum atomic E-state index is -0.901. The molecule has 2 N–H and O–H groups in total. The zero-order valence-corrected chi connectivity index (χ0v) is 19.1. The maximum Gasteiger partial charge on any atom is 0.160 e. The van der Waals surface area contributed by atoms with Crippen molar-refractivity contribution in [2.45, 2.75) is 64.6 Å². The van der Waals surface area contributed by atoms with Crippen LogP contribution in [0.3, 0.4) is 0 Å². The lowest BCUT2D eigenvalue weighted by Gasteiger charge is -2.21. The molecule has 170 valence electrons. The molecule has 2 aliphatic rings. The molecule has 0 amide bonds. The Hall–Kier alpha value is -2.81. The first-order valence-corrected chi connectivity index (χ1v) is 11.3. The molecule has 5 rings (SSSR count). The molecule has 3 aromatic heterocycles. The van der Waals surface area contributed by atoms with Crippen molar-refractivity contribution in [3.63, 3.8) is 0 Å². The van der Waals surface area contributed by atoms with Gasteiger partial charge in [-0.05, 0) is 47.0 Å². The van der Waals surface area contributed by atoms with Crippen LogP contribution in [0.2, 0.25) is 0 Å². The molecule has 4 heterocycles. The first-order chi connectivity index (χ1) is 15.2. The van der Waals surface area contributed by atoms with E-state index in [1.165, 1.54) is 0 Å². The number of nitrogens with zero attached hydrogens (tertiary/aromatic N) is 6. The standard InChI is InChI=1S/C23H30FN7O/c1-13-21(15-5-6-15)28-22(14(2)26-13)17-9-20-27-19(30-8-7-16(24)11-30)10-18(31(20)29-17)25-12-23(3,4)32/h9-10,15-16,25,32H,5-8,11-12H2,1-4H3/t16-/m1/s1. The SMILES string of the molecule is Cc1nc(C)c(C2CC2)nc1-c1cc2nc(N3CC[C@@H](F)C3)cc(NCC(C)(C)O)n2n1. The zero-order chi connectivity index (χ0) is 22.6. The molecule has 32 heavy (non-hydrogen) atoms. The fourth-order valence-electron chi connectivity index (χ4n) is 4.23. The van der Waals surface area contributed by atoms with Gasteiger partial charge in [-0.3, -0.25) is 4.98 Å². The molecule has 1 aliphatic heterocycles. The van der Waals surface area contributed by atoms with Gasteiger partial charge in [0.2, 0.25) is 0 Å². The van der Waals surface area contributed by atoms with Crippen LogP contribution >= 0.6 is 0 Å². The molecule has 1 atom stereocenters. The molecule has 3 aromatic rings. The van der Waals surface area contributed by atoms with Crippen molar-refractivity contribution in [1.29, 1.82) is 0 Å². The molecule has 0 radical (unpaired) electrons. The van der Waals surface area contributed by atoms with Gasteiger partial charge >= 0.3 is 0 Å². The van der Waals surface area contributed by atoms with Gasteiger partial charge in [-0.15, -0.1) is 0 Å². The van der Waals surface area contributed by atoms with Crippen LogP contribution in [0.4, 0.5) is 16.0 Å². The van der Waals surface area contributed by atoms with Crippen molar-refractivity contribution >= 4 is 17.3 Å². The van der Waals surface area contributed by atoms with Crippen LogP contribution in [0.25, 0.3) is 17.0 Å². The summed E-state index contributed by atoms with van der Waals surface area (Å²) in [5.74, 6) is 1.89. The van der Waals surface area contributed by atoms with E-state index >= 15 is 0 Å².